The number of aryl methyl sites for hydroxylation is 1. The zero-order valence-electron chi connectivity index (χ0n) is 6.85. The standard InChI is InChI=1S/C9H14S/c1-4-8-5-6-9(10-8)7(2)3/h5-7H,4H2,1-3H3. The smallest absolute Gasteiger partial charge is 0.00736 e. The normalized spacial score (nSPS) is 10.8. The summed E-state index contributed by atoms with van der Waals surface area (Å²) < 4.78 is 0. The number of rotatable bonds is 2. The van der Waals surface area contributed by atoms with Crippen molar-refractivity contribution in [3.05, 3.63) is 21.9 Å². The summed E-state index contributed by atoms with van der Waals surface area (Å²) in [6.45, 7) is 6.69. The minimum Gasteiger partial charge on any atom is -0.145 e. The van der Waals surface area contributed by atoms with Crippen LogP contribution in [0.5, 0.6) is 0 Å². The Balaban J connectivity index is 2.78. The van der Waals surface area contributed by atoms with E-state index in [0.717, 1.165) is 0 Å². The topological polar surface area (TPSA) is 0 Å². The van der Waals surface area contributed by atoms with E-state index in [9.17, 15) is 0 Å². The first-order valence-corrected chi connectivity index (χ1v) is 4.64. The Morgan fingerprint density at radius 3 is 2.40 bits per heavy atom. The summed E-state index contributed by atoms with van der Waals surface area (Å²) in [6, 6.07) is 4.48. The van der Waals surface area contributed by atoms with Gasteiger partial charge in [0.05, 0.1) is 0 Å². The summed E-state index contributed by atoms with van der Waals surface area (Å²) in [5.74, 6) is 0.699. The van der Waals surface area contributed by atoms with Crippen molar-refractivity contribution < 1.29 is 0 Å². The molecule has 0 aromatic carbocycles. The molecular formula is C9H14S. The second-order valence-electron chi connectivity index (χ2n) is 2.81. The van der Waals surface area contributed by atoms with Gasteiger partial charge in [0, 0.05) is 9.75 Å². The zero-order valence-corrected chi connectivity index (χ0v) is 7.66. The maximum Gasteiger partial charge on any atom is 0.00736 e. The maximum atomic E-state index is 2.24. The van der Waals surface area contributed by atoms with Crippen LogP contribution in [-0.2, 0) is 6.42 Å². The van der Waals surface area contributed by atoms with E-state index in [0.29, 0.717) is 5.92 Å². The Hall–Kier alpha value is -0.300. The Morgan fingerprint density at radius 1 is 1.40 bits per heavy atom. The Morgan fingerprint density at radius 2 is 2.10 bits per heavy atom. The molecule has 56 valence electrons. The monoisotopic (exact) mass is 154 g/mol. The molecule has 0 bridgehead atoms. The van der Waals surface area contributed by atoms with E-state index in [4.69, 9.17) is 0 Å². The van der Waals surface area contributed by atoms with Crippen LogP contribution in [-0.4, -0.2) is 0 Å². The molecule has 0 fully saturated rings. The highest BCUT2D eigenvalue weighted by Gasteiger charge is 2.01. The largest absolute Gasteiger partial charge is 0.145 e. The predicted molar refractivity (Wildman–Crippen MR) is 47.8 cm³/mol. The lowest BCUT2D eigenvalue weighted by Crippen LogP contribution is -1.77. The lowest BCUT2D eigenvalue weighted by molar-refractivity contribution is 0.890. The van der Waals surface area contributed by atoms with E-state index in [-0.39, 0.29) is 0 Å². The van der Waals surface area contributed by atoms with Gasteiger partial charge in [0.25, 0.3) is 0 Å². The van der Waals surface area contributed by atoms with E-state index in [1.807, 2.05) is 11.3 Å². The highest BCUT2D eigenvalue weighted by Crippen LogP contribution is 2.24. The molecule has 1 rings (SSSR count). The third-order valence-electron chi connectivity index (χ3n) is 1.60. The van der Waals surface area contributed by atoms with E-state index in [1.54, 1.807) is 0 Å². The summed E-state index contributed by atoms with van der Waals surface area (Å²) in [5.41, 5.74) is 0. The van der Waals surface area contributed by atoms with Gasteiger partial charge in [0.15, 0.2) is 0 Å². The van der Waals surface area contributed by atoms with Gasteiger partial charge in [-0.05, 0) is 24.5 Å². The van der Waals surface area contributed by atoms with E-state index < -0.39 is 0 Å². The third-order valence-corrected chi connectivity index (χ3v) is 3.13. The van der Waals surface area contributed by atoms with Crippen molar-refractivity contribution in [1.82, 2.24) is 0 Å². The van der Waals surface area contributed by atoms with E-state index >= 15 is 0 Å². The molecule has 0 spiro atoms. The van der Waals surface area contributed by atoms with Gasteiger partial charge in [0.1, 0.15) is 0 Å². The SMILES string of the molecule is CCc1ccc(C(C)C)s1. The van der Waals surface area contributed by atoms with Crippen molar-refractivity contribution in [2.75, 3.05) is 0 Å². The lowest BCUT2D eigenvalue weighted by Gasteiger charge is -1.96. The average Bonchev–Trinajstić information content (AvgIpc) is 2.34. The molecule has 0 nitrogen and oxygen atoms in total. The fraction of sp³-hybridized carbons (Fsp3) is 0.556. The van der Waals surface area contributed by atoms with Crippen molar-refractivity contribution in [2.24, 2.45) is 0 Å². The minimum absolute atomic E-state index is 0.699. The van der Waals surface area contributed by atoms with Crippen molar-refractivity contribution in [3.63, 3.8) is 0 Å². The molecule has 0 aliphatic heterocycles. The van der Waals surface area contributed by atoms with Gasteiger partial charge >= 0.3 is 0 Å². The fourth-order valence-electron chi connectivity index (χ4n) is 0.895. The third kappa shape index (κ3) is 1.60. The first-order chi connectivity index (χ1) is 4.74. The highest BCUT2D eigenvalue weighted by atomic mass is 32.1. The predicted octanol–water partition coefficient (Wildman–Crippen LogP) is 3.43. The number of hydrogen-bond donors (Lipinski definition) is 0. The average molecular weight is 154 g/mol. The molecule has 1 heteroatoms. The molecule has 0 saturated carbocycles. The Labute approximate surface area is 66.9 Å². The van der Waals surface area contributed by atoms with Crippen molar-refractivity contribution in [1.29, 1.82) is 0 Å². The van der Waals surface area contributed by atoms with Crippen LogP contribution in [0.3, 0.4) is 0 Å². The molecule has 0 unspecified atom stereocenters. The van der Waals surface area contributed by atoms with Crippen LogP contribution >= 0.6 is 11.3 Å². The van der Waals surface area contributed by atoms with Gasteiger partial charge in [-0.2, -0.15) is 0 Å². The lowest BCUT2D eigenvalue weighted by atomic mass is 10.2. The second kappa shape index (κ2) is 3.20. The molecule has 10 heavy (non-hydrogen) atoms. The summed E-state index contributed by atoms with van der Waals surface area (Å²) in [6.07, 6.45) is 1.18. The minimum atomic E-state index is 0.699. The molecule has 0 aliphatic carbocycles. The maximum absolute atomic E-state index is 2.24. The molecule has 0 N–H and O–H groups in total. The molecule has 0 atom stereocenters. The molecule has 1 aromatic rings. The molecule has 1 aromatic heterocycles. The molecule has 0 aliphatic rings. The van der Waals surface area contributed by atoms with E-state index in [1.165, 1.54) is 16.2 Å². The van der Waals surface area contributed by atoms with E-state index in [2.05, 4.69) is 32.9 Å². The molecule has 0 amide bonds. The molecular weight excluding hydrogens is 140 g/mol. The van der Waals surface area contributed by atoms with Gasteiger partial charge < -0.3 is 0 Å². The summed E-state index contributed by atoms with van der Waals surface area (Å²) >= 11 is 1.94. The van der Waals surface area contributed by atoms with Crippen molar-refractivity contribution >= 4 is 11.3 Å². The van der Waals surface area contributed by atoms with Crippen LogP contribution in [0.1, 0.15) is 36.4 Å². The van der Waals surface area contributed by atoms with Crippen LogP contribution in [0.4, 0.5) is 0 Å². The molecule has 1 heterocycles. The second-order valence-corrected chi connectivity index (χ2v) is 4.01. The zero-order chi connectivity index (χ0) is 7.56. The van der Waals surface area contributed by atoms with Gasteiger partial charge in [-0.3, -0.25) is 0 Å². The fourth-order valence-corrected chi connectivity index (χ4v) is 1.85. The molecule has 0 radical (unpaired) electrons. The van der Waals surface area contributed by atoms with Crippen LogP contribution in [0.25, 0.3) is 0 Å². The van der Waals surface area contributed by atoms with Gasteiger partial charge in [0.2, 0.25) is 0 Å². The van der Waals surface area contributed by atoms with Crippen molar-refractivity contribution in [2.45, 2.75) is 33.1 Å². The summed E-state index contributed by atoms with van der Waals surface area (Å²) in [5, 5.41) is 0. The quantitative estimate of drug-likeness (QED) is 0.612. The van der Waals surface area contributed by atoms with Crippen LogP contribution in [0.2, 0.25) is 0 Å². The number of thiophene rings is 1. The van der Waals surface area contributed by atoms with Crippen LogP contribution in [0, 0.1) is 0 Å². The van der Waals surface area contributed by atoms with Crippen LogP contribution < -0.4 is 0 Å². The summed E-state index contributed by atoms with van der Waals surface area (Å²) in [4.78, 5) is 3.01. The Kier molecular flexibility index (Phi) is 2.50. The van der Waals surface area contributed by atoms with Gasteiger partial charge in [-0.25, -0.2) is 0 Å². The first-order valence-electron chi connectivity index (χ1n) is 3.82. The van der Waals surface area contributed by atoms with Gasteiger partial charge in [-0.15, -0.1) is 11.3 Å². The molecule has 0 saturated heterocycles. The first kappa shape index (κ1) is 7.80. The summed E-state index contributed by atoms with van der Waals surface area (Å²) in [7, 11) is 0. The highest BCUT2D eigenvalue weighted by molar-refractivity contribution is 7.12. The van der Waals surface area contributed by atoms with Gasteiger partial charge in [-0.1, -0.05) is 20.8 Å². The number of hydrogen-bond acceptors (Lipinski definition) is 1. The van der Waals surface area contributed by atoms with Crippen LogP contribution in [0.15, 0.2) is 12.1 Å². The Bertz CT molecular complexity index is 198. The van der Waals surface area contributed by atoms with Crippen molar-refractivity contribution in [3.8, 4) is 0 Å².